The highest BCUT2D eigenvalue weighted by Crippen LogP contribution is 2.17. The zero-order valence-electron chi connectivity index (χ0n) is 10.9. The monoisotopic (exact) mass is 249 g/mol. The average Bonchev–Trinajstić information content (AvgIpc) is 2.77. The van der Waals surface area contributed by atoms with Gasteiger partial charge in [0.25, 0.3) is 0 Å². The van der Waals surface area contributed by atoms with E-state index < -0.39 is 0 Å². The van der Waals surface area contributed by atoms with Gasteiger partial charge in [-0.1, -0.05) is 13.3 Å². The molecule has 0 aromatic carbocycles. The molecule has 2 heterocycles. The first-order valence-corrected chi connectivity index (χ1v) is 6.30. The Morgan fingerprint density at radius 2 is 2.17 bits per heavy atom. The predicted octanol–water partition coefficient (Wildman–Crippen LogP) is 1.03. The van der Waals surface area contributed by atoms with E-state index in [4.69, 9.17) is 5.11 Å². The molecule has 0 unspecified atom stereocenters. The summed E-state index contributed by atoms with van der Waals surface area (Å²) in [4.78, 5) is 6.45. The minimum Gasteiger partial charge on any atom is -0.395 e. The van der Waals surface area contributed by atoms with Gasteiger partial charge >= 0.3 is 0 Å². The summed E-state index contributed by atoms with van der Waals surface area (Å²) in [6.07, 6.45) is 5.77. The molecule has 98 valence electrons. The number of aliphatic hydroxyl groups excluding tert-OH is 1. The van der Waals surface area contributed by atoms with E-state index in [0.717, 1.165) is 36.7 Å². The molecule has 0 saturated carbocycles. The van der Waals surface area contributed by atoms with Crippen LogP contribution in [-0.4, -0.2) is 44.4 Å². The van der Waals surface area contributed by atoms with Crippen molar-refractivity contribution in [1.29, 1.82) is 0 Å². The topological polar surface area (TPSA) is 66.5 Å². The van der Waals surface area contributed by atoms with Crippen LogP contribution in [0.25, 0.3) is 5.65 Å². The van der Waals surface area contributed by atoms with Crippen molar-refractivity contribution in [2.75, 3.05) is 24.6 Å². The summed E-state index contributed by atoms with van der Waals surface area (Å²) in [5, 5.41) is 17.4. The largest absolute Gasteiger partial charge is 0.395 e. The van der Waals surface area contributed by atoms with Crippen LogP contribution in [-0.2, 0) is 0 Å². The lowest BCUT2D eigenvalue weighted by Crippen LogP contribution is -2.29. The molecule has 0 radical (unpaired) electrons. The standard InChI is InChI=1S/C12H19N5O/c1-3-4-6-16(8-9-18)11-12-15-14-10(2)17(12)7-5-13-11/h5,7,18H,3-4,6,8-9H2,1-2H3. The van der Waals surface area contributed by atoms with E-state index in [1.165, 1.54) is 0 Å². The third-order valence-electron chi connectivity index (χ3n) is 2.93. The summed E-state index contributed by atoms with van der Waals surface area (Å²) in [5.41, 5.74) is 0.750. The Bertz CT molecular complexity index is 510. The Hall–Kier alpha value is -1.69. The van der Waals surface area contributed by atoms with Gasteiger partial charge in [0, 0.05) is 25.5 Å². The van der Waals surface area contributed by atoms with Crippen LogP contribution in [0.15, 0.2) is 12.4 Å². The predicted molar refractivity (Wildman–Crippen MR) is 69.7 cm³/mol. The van der Waals surface area contributed by atoms with Crippen molar-refractivity contribution in [3.8, 4) is 0 Å². The number of aliphatic hydroxyl groups is 1. The molecule has 0 spiro atoms. The second-order valence-corrected chi connectivity index (χ2v) is 4.26. The molecule has 6 nitrogen and oxygen atoms in total. The van der Waals surface area contributed by atoms with Gasteiger partial charge < -0.3 is 10.0 Å². The third-order valence-corrected chi connectivity index (χ3v) is 2.93. The number of aromatic nitrogens is 4. The van der Waals surface area contributed by atoms with Gasteiger partial charge in [-0.2, -0.15) is 0 Å². The van der Waals surface area contributed by atoms with E-state index in [0.29, 0.717) is 6.54 Å². The number of hydrogen-bond acceptors (Lipinski definition) is 5. The molecule has 2 aromatic rings. The van der Waals surface area contributed by atoms with Gasteiger partial charge in [0.2, 0.25) is 5.65 Å². The van der Waals surface area contributed by atoms with Crippen molar-refractivity contribution < 1.29 is 5.11 Å². The molecule has 6 heteroatoms. The molecule has 0 atom stereocenters. The first-order valence-electron chi connectivity index (χ1n) is 6.30. The number of rotatable bonds is 6. The summed E-state index contributed by atoms with van der Waals surface area (Å²) in [7, 11) is 0. The maximum atomic E-state index is 9.16. The van der Waals surface area contributed by atoms with E-state index in [9.17, 15) is 0 Å². The van der Waals surface area contributed by atoms with Crippen molar-refractivity contribution in [1.82, 2.24) is 19.6 Å². The van der Waals surface area contributed by atoms with Crippen molar-refractivity contribution in [3.05, 3.63) is 18.2 Å². The van der Waals surface area contributed by atoms with E-state index >= 15 is 0 Å². The SMILES string of the molecule is CCCCN(CCO)c1nccn2c(C)nnc12. The van der Waals surface area contributed by atoms with Crippen molar-refractivity contribution in [2.24, 2.45) is 0 Å². The molecule has 0 aliphatic heterocycles. The summed E-state index contributed by atoms with van der Waals surface area (Å²) in [5.74, 6) is 1.63. The van der Waals surface area contributed by atoms with Crippen LogP contribution in [0.4, 0.5) is 5.82 Å². The number of hydrogen-bond donors (Lipinski definition) is 1. The van der Waals surface area contributed by atoms with Crippen molar-refractivity contribution in [3.63, 3.8) is 0 Å². The quantitative estimate of drug-likeness (QED) is 0.828. The number of nitrogens with zero attached hydrogens (tertiary/aromatic N) is 5. The Kier molecular flexibility index (Phi) is 4.09. The van der Waals surface area contributed by atoms with E-state index in [1.54, 1.807) is 6.20 Å². The fraction of sp³-hybridized carbons (Fsp3) is 0.583. The van der Waals surface area contributed by atoms with Crippen LogP contribution in [0.5, 0.6) is 0 Å². The van der Waals surface area contributed by atoms with Crippen LogP contribution >= 0.6 is 0 Å². The molecular weight excluding hydrogens is 230 g/mol. The highest BCUT2D eigenvalue weighted by molar-refractivity contribution is 5.63. The highest BCUT2D eigenvalue weighted by atomic mass is 16.3. The number of anilines is 1. The maximum absolute atomic E-state index is 9.16. The van der Waals surface area contributed by atoms with Gasteiger partial charge in [0.1, 0.15) is 5.82 Å². The second-order valence-electron chi connectivity index (χ2n) is 4.26. The van der Waals surface area contributed by atoms with E-state index in [1.807, 2.05) is 17.5 Å². The van der Waals surface area contributed by atoms with Crippen LogP contribution in [0.1, 0.15) is 25.6 Å². The summed E-state index contributed by atoms with van der Waals surface area (Å²) in [6, 6.07) is 0. The Morgan fingerprint density at radius 3 is 2.89 bits per heavy atom. The fourth-order valence-corrected chi connectivity index (χ4v) is 1.94. The molecule has 0 aliphatic rings. The maximum Gasteiger partial charge on any atom is 0.203 e. The normalized spacial score (nSPS) is 11.1. The molecule has 0 amide bonds. The summed E-state index contributed by atoms with van der Waals surface area (Å²) < 4.78 is 1.92. The smallest absolute Gasteiger partial charge is 0.203 e. The second kappa shape index (κ2) is 5.77. The zero-order valence-corrected chi connectivity index (χ0v) is 10.9. The zero-order chi connectivity index (χ0) is 13.0. The number of aryl methyl sites for hydroxylation is 1. The third kappa shape index (κ3) is 2.43. The molecule has 2 rings (SSSR count). The average molecular weight is 249 g/mol. The van der Waals surface area contributed by atoms with Gasteiger partial charge in [0.15, 0.2) is 5.82 Å². The number of fused-ring (bicyclic) bond motifs is 1. The molecule has 0 bridgehead atoms. The molecular formula is C12H19N5O. The summed E-state index contributed by atoms with van der Waals surface area (Å²) in [6.45, 7) is 5.60. The molecule has 18 heavy (non-hydrogen) atoms. The van der Waals surface area contributed by atoms with Crippen LogP contribution in [0.2, 0.25) is 0 Å². The van der Waals surface area contributed by atoms with Crippen LogP contribution < -0.4 is 4.90 Å². The molecule has 0 fully saturated rings. The molecule has 0 saturated heterocycles. The first-order chi connectivity index (χ1) is 8.77. The lowest BCUT2D eigenvalue weighted by Gasteiger charge is -2.22. The lowest BCUT2D eigenvalue weighted by molar-refractivity contribution is 0.301. The highest BCUT2D eigenvalue weighted by Gasteiger charge is 2.14. The van der Waals surface area contributed by atoms with E-state index in [2.05, 4.69) is 27.0 Å². The molecule has 0 aliphatic carbocycles. The first kappa shape index (κ1) is 12.8. The van der Waals surface area contributed by atoms with Gasteiger partial charge in [0.05, 0.1) is 6.61 Å². The van der Waals surface area contributed by atoms with Gasteiger partial charge in [-0.05, 0) is 13.3 Å². The van der Waals surface area contributed by atoms with Gasteiger partial charge in [-0.25, -0.2) is 4.98 Å². The minimum absolute atomic E-state index is 0.111. The summed E-state index contributed by atoms with van der Waals surface area (Å²) >= 11 is 0. The van der Waals surface area contributed by atoms with Crippen LogP contribution in [0, 0.1) is 6.92 Å². The Labute approximate surface area is 106 Å². The molecule has 1 N–H and O–H groups in total. The minimum atomic E-state index is 0.111. The fourth-order valence-electron chi connectivity index (χ4n) is 1.94. The lowest BCUT2D eigenvalue weighted by atomic mass is 10.3. The van der Waals surface area contributed by atoms with E-state index in [-0.39, 0.29) is 6.61 Å². The van der Waals surface area contributed by atoms with Crippen LogP contribution in [0.3, 0.4) is 0 Å². The van der Waals surface area contributed by atoms with Gasteiger partial charge in [-0.3, -0.25) is 4.40 Å². The Morgan fingerprint density at radius 1 is 1.33 bits per heavy atom. The van der Waals surface area contributed by atoms with Crippen molar-refractivity contribution >= 4 is 11.5 Å². The van der Waals surface area contributed by atoms with Gasteiger partial charge in [-0.15, -0.1) is 10.2 Å². The van der Waals surface area contributed by atoms with Crippen molar-refractivity contribution in [2.45, 2.75) is 26.7 Å². The molecule has 2 aromatic heterocycles. The number of unbranched alkanes of at least 4 members (excludes halogenated alkanes) is 1. The Balaban J connectivity index is 2.36.